The molecule has 42 heavy (non-hydrogen) atoms. The summed E-state index contributed by atoms with van der Waals surface area (Å²) in [4.78, 5) is 38.1. The van der Waals surface area contributed by atoms with Crippen LogP contribution < -0.4 is 15.4 Å². The molecule has 3 N–H and O–H groups in total. The molecule has 6 aliphatic rings. The largest absolute Gasteiger partial charge is 0.480 e. The second kappa shape index (κ2) is 10.1. The number of methoxy groups -OCH3 is 1. The highest BCUT2D eigenvalue weighted by molar-refractivity contribution is 6.06. The highest BCUT2D eigenvalue weighted by Gasteiger charge is 2.56. The molecule has 2 bridgehead atoms. The van der Waals surface area contributed by atoms with Gasteiger partial charge in [0.05, 0.1) is 18.7 Å². The number of pyridine rings is 1. The van der Waals surface area contributed by atoms with E-state index in [2.05, 4.69) is 47.6 Å². The Morgan fingerprint density at radius 3 is 2.62 bits per heavy atom. The summed E-state index contributed by atoms with van der Waals surface area (Å²) in [6, 6.07) is 1.63. The van der Waals surface area contributed by atoms with Crippen LogP contribution in [-0.2, 0) is 9.63 Å². The van der Waals surface area contributed by atoms with E-state index in [1.807, 2.05) is 0 Å². The Labute approximate surface area is 247 Å². The molecule has 0 saturated heterocycles. The molecule has 5 saturated carbocycles. The normalized spacial score (nSPS) is 37.2. The van der Waals surface area contributed by atoms with Gasteiger partial charge in [-0.2, -0.15) is 0 Å². The maximum Gasteiger partial charge on any atom is 0.257 e. The third-order valence-electron chi connectivity index (χ3n) is 11.5. The highest BCUT2D eigenvalue weighted by Crippen LogP contribution is 2.55. The predicted molar refractivity (Wildman–Crippen MR) is 157 cm³/mol. The zero-order chi connectivity index (χ0) is 29.4. The minimum atomic E-state index is -0.285. The van der Waals surface area contributed by atoms with Crippen molar-refractivity contribution in [2.45, 2.75) is 90.3 Å². The Kier molecular flexibility index (Phi) is 6.68. The lowest BCUT2D eigenvalue weighted by Gasteiger charge is -2.32. The van der Waals surface area contributed by atoms with E-state index in [0.29, 0.717) is 11.5 Å². The van der Waals surface area contributed by atoms with Crippen molar-refractivity contribution in [3.05, 3.63) is 35.0 Å². The van der Waals surface area contributed by atoms with Crippen molar-refractivity contribution in [2.75, 3.05) is 13.7 Å². The van der Waals surface area contributed by atoms with Crippen LogP contribution in [0, 0.1) is 40.4 Å². The molecule has 0 radical (unpaired) electrons. The van der Waals surface area contributed by atoms with Crippen LogP contribution >= 0.6 is 0 Å². The van der Waals surface area contributed by atoms with Gasteiger partial charge in [0.2, 0.25) is 11.8 Å². The Morgan fingerprint density at radius 2 is 1.93 bits per heavy atom. The predicted octanol–water partition coefficient (Wildman–Crippen LogP) is 4.00. The number of nitrogens with one attached hydrogen (secondary N) is 2. The average molecular weight is 577 g/mol. The summed E-state index contributed by atoms with van der Waals surface area (Å²) in [6.07, 6.45) is 12.2. The van der Waals surface area contributed by atoms with Crippen LogP contribution in [0.3, 0.4) is 0 Å². The molecule has 1 aromatic heterocycles. The third kappa shape index (κ3) is 4.72. The van der Waals surface area contributed by atoms with Crippen molar-refractivity contribution in [3.63, 3.8) is 0 Å². The van der Waals surface area contributed by atoms with Gasteiger partial charge in [-0.05, 0) is 87.0 Å². The van der Waals surface area contributed by atoms with E-state index >= 15 is 0 Å². The fourth-order valence-corrected chi connectivity index (χ4v) is 8.17. The molecule has 5 fully saturated rings. The number of aliphatic hydroxyl groups excluding tert-OH is 1. The molecule has 7 rings (SSSR count). The summed E-state index contributed by atoms with van der Waals surface area (Å²) in [5.41, 5.74) is 3.15. The molecule has 9 heteroatoms. The van der Waals surface area contributed by atoms with Crippen molar-refractivity contribution in [2.24, 2.45) is 45.6 Å². The molecule has 1 aliphatic heterocycles. The van der Waals surface area contributed by atoms with E-state index in [1.165, 1.54) is 25.5 Å². The van der Waals surface area contributed by atoms with E-state index in [0.717, 1.165) is 49.8 Å². The summed E-state index contributed by atoms with van der Waals surface area (Å²) in [6.45, 7) is 6.51. The topological polar surface area (TPSA) is 122 Å². The molecule has 226 valence electrons. The van der Waals surface area contributed by atoms with Gasteiger partial charge in [0, 0.05) is 42.3 Å². The zero-order valence-electron chi connectivity index (χ0n) is 25.2. The minimum Gasteiger partial charge on any atom is -0.480 e. The van der Waals surface area contributed by atoms with Gasteiger partial charge in [-0.1, -0.05) is 30.7 Å². The molecule has 1 aromatic rings. The van der Waals surface area contributed by atoms with Crippen molar-refractivity contribution in [1.82, 2.24) is 15.6 Å². The molecule has 3 unspecified atom stereocenters. The summed E-state index contributed by atoms with van der Waals surface area (Å²) in [5.74, 6) is 0.742. The van der Waals surface area contributed by atoms with Gasteiger partial charge in [0.1, 0.15) is 11.7 Å². The van der Waals surface area contributed by atoms with Crippen molar-refractivity contribution in [1.29, 1.82) is 0 Å². The van der Waals surface area contributed by atoms with E-state index in [4.69, 9.17) is 9.57 Å². The molecular weight excluding hydrogens is 532 g/mol. The van der Waals surface area contributed by atoms with Gasteiger partial charge in [0.25, 0.3) is 5.91 Å². The van der Waals surface area contributed by atoms with Gasteiger partial charge in [-0.3, -0.25) is 9.59 Å². The van der Waals surface area contributed by atoms with Gasteiger partial charge in [-0.25, -0.2) is 4.98 Å². The molecule has 0 spiro atoms. The maximum absolute atomic E-state index is 14.0. The fraction of sp³-hybridized carbons (Fsp3) is 0.697. The molecule has 0 aromatic carbocycles. The van der Waals surface area contributed by atoms with Gasteiger partial charge in [0.15, 0.2) is 0 Å². The first-order valence-corrected chi connectivity index (χ1v) is 15.8. The SMILES string of the molecule is COc1ncc(C2=NOC3CC(C)(CO)CC23)cc1C(=O)N[C@H]1[C@@H](C(=O)N[C@H](C)C2(C)CC2)[C@H]2CC[C@@H]1/C2=C\C1CC1. The quantitative estimate of drug-likeness (QED) is 0.382. The zero-order valence-corrected chi connectivity index (χ0v) is 25.2. The number of allylic oxidation sites excluding steroid dienone is 1. The lowest BCUT2D eigenvalue weighted by Crippen LogP contribution is -2.52. The number of carbonyl (C=O) groups excluding carboxylic acids is 2. The second-order valence-electron chi connectivity index (χ2n) is 14.6. The Bertz CT molecular complexity index is 1350. The average Bonchev–Trinajstić information content (AvgIpc) is 3.80. The van der Waals surface area contributed by atoms with Crippen LogP contribution in [0.4, 0.5) is 0 Å². The number of fused-ring (bicyclic) bond motifs is 3. The number of nitrogens with zero attached hydrogens (tertiary/aromatic N) is 2. The maximum atomic E-state index is 14.0. The highest BCUT2D eigenvalue weighted by atomic mass is 16.6. The van der Waals surface area contributed by atoms with Crippen LogP contribution in [0.25, 0.3) is 0 Å². The molecule has 8 atom stereocenters. The first-order chi connectivity index (χ1) is 20.1. The van der Waals surface area contributed by atoms with E-state index < -0.39 is 0 Å². The number of aliphatic hydroxyl groups is 1. The standard InChI is InChI=1S/C33H44N4O5/c1-17(33(3)9-10-33)35-30(40)26-20-7-8-21(22(20)11-18-5-6-18)28(26)36-29(39)23-12-19(15-34-31(23)41-4)27-24-13-32(2,16-38)14-25(24)42-37-27/h11-12,15,17-18,20-21,24-26,28,38H,5-10,13-14,16H2,1-4H3,(H,35,40)(H,36,39)/b22-11-/t17-,20+,21-,24?,25?,26+,28-,32?/m1/s1. The van der Waals surface area contributed by atoms with E-state index in [-0.39, 0.29) is 77.0 Å². The molecule has 2 amide bonds. The lowest BCUT2D eigenvalue weighted by atomic mass is 9.83. The van der Waals surface area contributed by atoms with Crippen molar-refractivity contribution >= 4 is 17.5 Å². The van der Waals surface area contributed by atoms with Gasteiger partial charge in [-0.15, -0.1) is 0 Å². The van der Waals surface area contributed by atoms with Crippen LogP contribution in [-0.4, -0.2) is 59.5 Å². The Hall–Kier alpha value is -2.94. The van der Waals surface area contributed by atoms with Crippen LogP contribution in [0.1, 0.15) is 88.1 Å². The number of hydrogen-bond donors (Lipinski definition) is 3. The fourth-order valence-electron chi connectivity index (χ4n) is 8.17. The molecule has 2 heterocycles. The van der Waals surface area contributed by atoms with Gasteiger partial charge < -0.3 is 25.3 Å². The summed E-state index contributed by atoms with van der Waals surface area (Å²) in [5, 5.41) is 20.9. The number of amides is 2. The number of carbonyl (C=O) groups is 2. The van der Waals surface area contributed by atoms with Crippen LogP contribution in [0.2, 0.25) is 0 Å². The molecular formula is C33H44N4O5. The van der Waals surface area contributed by atoms with E-state index in [1.54, 1.807) is 12.3 Å². The monoisotopic (exact) mass is 576 g/mol. The lowest BCUT2D eigenvalue weighted by molar-refractivity contribution is -0.128. The van der Waals surface area contributed by atoms with E-state index in [9.17, 15) is 14.7 Å². The van der Waals surface area contributed by atoms with Gasteiger partial charge >= 0.3 is 0 Å². The van der Waals surface area contributed by atoms with Crippen molar-refractivity contribution in [3.8, 4) is 5.88 Å². The number of rotatable bonds is 9. The second-order valence-corrected chi connectivity index (χ2v) is 14.6. The van der Waals surface area contributed by atoms with Crippen molar-refractivity contribution < 1.29 is 24.3 Å². The Balaban J connectivity index is 1.15. The summed E-state index contributed by atoms with van der Waals surface area (Å²) >= 11 is 0. The van der Waals surface area contributed by atoms with Crippen LogP contribution in [0.5, 0.6) is 5.88 Å². The molecule has 5 aliphatic carbocycles. The van der Waals surface area contributed by atoms with Crippen LogP contribution in [0.15, 0.2) is 29.1 Å². The first kappa shape index (κ1) is 27.9. The number of oxime groups is 1. The molecule has 9 nitrogen and oxygen atoms in total. The minimum absolute atomic E-state index is 0.0392. The first-order valence-electron chi connectivity index (χ1n) is 15.8. The third-order valence-corrected chi connectivity index (χ3v) is 11.5. The smallest absolute Gasteiger partial charge is 0.257 e. The number of hydrogen-bond acceptors (Lipinski definition) is 7. The Morgan fingerprint density at radius 1 is 1.17 bits per heavy atom. The summed E-state index contributed by atoms with van der Waals surface area (Å²) < 4.78 is 5.53. The summed E-state index contributed by atoms with van der Waals surface area (Å²) in [7, 11) is 1.51. The number of ether oxygens (including phenoxy) is 1. The number of aromatic nitrogens is 1.